The van der Waals surface area contributed by atoms with Crippen molar-refractivity contribution in [1.82, 2.24) is 0 Å². The lowest BCUT2D eigenvalue weighted by Crippen LogP contribution is -2.32. The maximum Gasteiger partial charge on any atom is 0.145 e. The molecule has 1 heterocycles. The highest BCUT2D eigenvalue weighted by atomic mass is 16.7. The first-order valence-electron chi connectivity index (χ1n) is 6.35. The van der Waals surface area contributed by atoms with E-state index in [0.717, 1.165) is 18.9 Å². The summed E-state index contributed by atoms with van der Waals surface area (Å²) in [6.45, 7) is 8.60. The fourth-order valence-corrected chi connectivity index (χ4v) is 3.43. The minimum absolute atomic E-state index is 0.266. The molecular formula is C13H21NO2. The Morgan fingerprint density at radius 1 is 1.44 bits per heavy atom. The maximum atomic E-state index is 5.42. The van der Waals surface area contributed by atoms with Crippen molar-refractivity contribution in [2.75, 3.05) is 13.2 Å². The van der Waals surface area contributed by atoms with Gasteiger partial charge in [-0.3, -0.25) is 0 Å². The van der Waals surface area contributed by atoms with E-state index in [2.05, 4.69) is 25.9 Å². The zero-order valence-corrected chi connectivity index (χ0v) is 10.5. The zero-order chi connectivity index (χ0) is 11.4. The Bertz CT molecular complexity index is 333. The van der Waals surface area contributed by atoms with E-state index in [9.17, 15) is 0 Å². The molecule has 2 saturated carbocycles. The van der Waals surface area contributed by atoms with Gasteiger partial charge in [0, 0.05) is 5.41 Å². The second kappa shape index (κ2) is 3.22. The van der Waals surface area contributed by atoms with Crippen molar-refractivity contribution in [1.29, 1.82) is 0 Å². The third kappa shape index (κ3) is 1.33. The number of nitrogens with zero attached hydrogens (tertiary/aromatic N) is 1. The molecule has 0 N–H and O–H groups in total. The fourth-order valence-electron chi connectivity index (χ4n) is 3.43. The number of hydrogen-bond acceptors (Lipinski definition) is 3. The second-order valence-electron chi connectivity index (χ2n) is 6.28. The number of oxime groups is 1. The lowest BCUT2D eigenvalue weighted by molar-refractivity contribution is 0.118. The third-order valence-electron chi connectivity index (χ3n) is 5.35. The smallest absolute Gasteiger partial charge is 0.145 e. The second-order valence-corrected chi connectivity index (χ2v) is 6.28. The summed E-state index contributed by atoms with van der Waals surface area (Å²) in [7, 11) is 0. The normalized spacial score (nSPS) is 46.3. The molecule has 3 atom stereocenters. The van der Waals surface area contributed by atoms with E-state index < -0.39 is 0 Å². The number of fused-ring (bicyclic) bond motifs is 2. The largest absolute Gasteiger partial charge is 0.393 e. The van der Waals surface area contributed by atoms with Crippen LogP contribution in [0.4, 0.5) is 0 Å². The van der Waals surface area contributed by atoms with E-state index in [0.29, 0.717) is 18.1 Å². The molecule has 0 aromatic carbocycles. The van der Waals surface area contributed by atoms with Crippen LogP contribution in [0.25, 0.3) is 0 Å². The van der Waals surface area contributed by atoms with Crippen LogP contribution in [0.1, 0.15) is 40.0 Å². The molecule has 90 valence electrons. The molecule has 0 amide bonds. The average Bonchev–Trinajstić information content (AvgIpc) is 2.98. The van der Waals surface area contributed by atoms with Crippen molar-refractivity contribution in [3.63, 3.8) is 0 Å². The van der Waals surface area contributed by atoms with E-state index in [1.165, 1.54) is 18.6 Å². The van der Waals surface area contributed by atoms with Crippen LogP contribution in [0, 0.1) is 16.7 Å². The standard InChI is InChI=1S/C13H21NO2/c1-12(2)9-4-5-13(12,3)11(6-9)14-16-8-10-7-15-10/h9-10H,4-8H2,1-3H3/b14-11-/t9-,10+,13+/m0/s1. The van der Waals surface area contributed by atoms with Crippen LogP contribution in [0.5, 0.6) is 0 Å². The molecule has 3 aliphatic rings. The minimum Gasteiger partial charge on any atom is -0.393 e. The van der Waals surface area contributed by atoms with Crippen molar-refractivity contribution in [3.8, 4) is 0 Å². The lowest BCUT2D eigenvalue weighted by Gasteiger charge is -2.34. The van der Waals surface area contributed by atoms with Crippen LogP contribution < -0.4 is 0 Å². The number of ether oxygens (including phenoxy) is 1. The molecule has 0 unspecified atom stereocenters. The van der Waals surface area contributed by atoms with Gasteiger partial charge in [-0.2, -0.15) is 0 Å². The highest BCUT2D eigenvalue weighted by Gasteiger charge is 2.60. The summed E-state index contributed by atoms with van der Waals surface area (Å²) in [5, 5.41) is 4.39. The summed E-state index contributed by atoms with van der Waals surface area (Å²) in [5.41, 5.74) is 1.95. The summed E-state index contributed by atoms with van der Waals surface area (Å²) in [6.07, 6.45) is 4.07. The number of hydrogen-bond donors (Lipinski definition) is 0. The Morgan fingerprint density at radius 3 is 2.69 bits per heavy atom. The SMILES string of the molecule is CC1(C)[C@H]2CC[C@]1(C)/C(=N\OC[C@H]1CO1)C2. The zero-order valence-electron chi connectivity index (χ0n) is 10.5. The molecule has 1 aliphatic heterocycles. The van der Waals surface area contributed by atoms with Crippen molar-refractivity contribution in [2.24, 2.45) is 21.9 Å². The van der Waals surface area contributed by atoms with Gasteiger partial charge >= 0.3 is 0 Å². The van der Waals surface area contributed by atoms with Gasteiger partial charge in [-0.05, 0) is 30.6 Å². The third-order valence-corrected chi connectivity index (χ3v) is 5.35. The Hall–Kier alpha value is -0.570. The maximum absolute atomic E-state index is 5.42. The van der Waals surface area contributed by atoms with Gasteiger partial charge in [0.2, 0.25) is 0 Å². The highest BCUT2D eigenvalue weighted by Crippen LogP contribution is 2.63. The first kappa shape index (κ1) is 10.6. The molecule has 3 heteroatoms. The molecule has 3 nitrogen and oxygen atoms in total. The lowest BCUT2D eigenvalue weighted by atomic mass is 9.70. The van der Waals surface area contributed by atoms with Crippen LogP contribution in [-0.4, -0.2) is 25.0 Å². The minimum atomic E-state index is 0.266. The molecule has 0 aromatic rings. The van der Waals surface area contributed by atoms with Gasteiger partial charge in [-0.15, -0.1) is 0 Å². The van der Waals surface area contributed by atoms with Crippen molar-refractivity contribution < 1.29 is 9.57 Å². The van der Waals surface area contributed by atoms with Gasteiger partial charge in [0.05, 0.1) is 12.3 Å². The molecule has 2 bridgehead atoms. The fraction of sp³-hybridized carbons (Fsp3) is 0.923. The summed E-state index contributed by atoms with van der Waals surface area (Å²) < 4.78 is 5.11. The summed E-state index contributed by atoms with van der Waals surface area (Å²) >= 11 is 0. The van der Waals surface area contributed by atoms with E-state index >= 15 is 0 Å². The monoisotopic (exact) mass is 223 g/mol. The van der Waals surface area contributed by atoms with Gasteiger partial charge < -0.3 is 9.57 Å². The van der Waals surface area contributed by atoms with Crippen LogP contribution in [0.2, 0.25) is 0 Å². The van der Waals surface area contributed by atoms with Crippen LogP contribution >= 0.6 is 0 Å². The van der Waals surface area contributed by atoms with Gasteiger partial charge in [-0.1, -0.05) is 25.9 Å². The predicted molar refractivity (Wildman–Crippen MR) is 62.4 cm³/mol. The summed E-state index contributed by atoms with van der Waals surface area (Å²) in [6, 6.07) is 0. The van der Waals surface area contributed by atoms with Gasteiger partial charge in [0.25, 0.3) is 0 Å². The van der Waals surface area contributed by atoms with E-state index in [4.69, 9.17) is 9.57 Å². The molecule has 3 rings (SSSR count). The van der Waals surface area contributed by atoms with Crippen LogP contribution in [0.3, 0.4) is 0 Å². The van der Waals surface area contributed by atoms with Crippen molar-refractivity contribution in [2.45, 2.75) is 46.1 Å². The first-order valence-corrected chi connectivity index (χ1v) is 6.35. The molecule has 3 fully saturated rings. The van der Waals surface area contributed by atoms with Gasteiger partial charge in [0.1, 0.15) is 12.7 Å². The number of rotatable bonds is 3. The quantitative estimate of drug-likeness (QED) is 0.544. The molecule has 1 saturated heterocycles. The van der Waals surface area contributed by atoms with Crippen LogP contribution in [-0.2, 0) is 9.57 Å². The molecule has 16 heavy (non-hydrogen) atoms. The van der Waals surface area contributed by atoms with E-state index in [1.54, 1.807) is 0 Å². The first-order chi connectivity index (χ1) is 7.54. The van der Waals surface area contributed by atoms with Crippen LogP contribution in [0.15, 0.2) is 5.16 Å². The van der Waals surface area contributed by atoms with Gasteiger partial charge in [-0.25, -0.2) is 0 Å². The molecular weight excluding hydrogens is 202 g/mol. The van der Waals surface area contributed by atoms with Crippen molar-refractivity contribution >= 4 is 5.71 Å². The summed E-state index contributed by atoms with van der Waals surface area (Å²) in [5.74, 6) is 0.803. The Labute approximate surface area is 97.2 Å². The topological polar surface area (TPSA) is 34.1 Å². The molecule has 0 spiro atoms. The summed E-state index contributed by atoms with van der Waals surface area (Å²) in [4.78, 5) is 5.42. The van der Waals surface area contributed by atoms with E-state index in [1.807, 2.05) is 0 Å². The predicted octanol–water partition coefficient (Wildman–Crippen LogP) is 2.60. The molecule has 2 aliphatic carbocycles. The average molecular weight is 223 g/mol. The molecule has 0 radical (unpaired) electrons. The van der Waals surface area contributed by atoms with Gasteiger partial charge in [0.15, 0.2) is 0 Å². The van der Waals surface area contributed by atoms with E-state index in [-0.39, 0.29) is 5.41 Å². The Morgan fingerprint density at radius 2 is 2.19 bits per heavy atom. The Kier molecular flexibility index (Phi) is 2.13. The Balaban J connectivity index is 1.72. The highest BCUT2D eigenvalue weighted by molar-refractivity contribution is 5.93. The number of epoxide rings is 1. The molecule has 0 aromatic heterocycles. The van der Waals surface area contributed by atoms with Crippen molar-refractivity contribution in [3.05, 3.63) is 0 Å².